The van der Waals surface area contributed by atoms with Crippen molar-refractivity contribution in [2.24, 2.45) is 0 Å². The molecule has 7 nitrogen and oxygen atoms in total. The van der Waals surface area contributed by atoms with Gasteiger partial charge in [0.25, 0.3) is 10.0 Å². The van der Waals surface area contributed by atoms with E-state index in [-0.39, 0.29) is 23.4 Å². The van der Waals surface area contributed by atoms with Gasteiger partial charge in [-0.25, -0.2) is 8.42 Å². The molecule has 0 spiro atoms. The number of hydrogen-bond donors (Lipinski definition) is 1. The van der Waals surface area contributed by atoms with E-state index in [9.17, 15) is 18.0 Å². The number of rotatable bonds is 12. The highest BCUT2D eigenvalue weighted by Crippen LogP contribution is 2.29. The van der Waals surface area contributed by atoms with Crippen LogP contribution in [0.2, 0.25) is 0 Å². The average molecular weight is 652 g/mol. The summed E-state index contributed by atoms with van der Waals surface area (Å²) in [6.45, 7) is 7.31. The number of benzene rings is 4. The summed E-state index contributed by atoms with van der Waals surface area (Å²) in [5.41, 5.74) is 5.78. The Kier molecular flexibility index (Phi) is 10.8. The zero-order valence-electron chi connectivity index (χ0n) is 27.8. The maximum atomic E-state index is 14.8. The molecule has 1 unspecified atom stereocenters. The minimum atomic E-state index is -4.16. The molecule has 246 valence electrons. The van der Waals surface area contributed by atoms with Gasteiger partial charge in [-0.15, -0.1) is 0 Å². The smallest absolute Gasteiger partial charge is 0.264 e. The molecule has 0 heterocycles. The third kappa shape index (κ3) is 8.49. The number of anilines is 1. The second kappa shape index (κ2) is 15.0. The van der Waals surface area contributed by atoms with Crippen molar-refractivity contribution in [2.75, 3.05) is 10.8 Å². The number of nitrogens with one attached hydrogen (secondary N) is 1. The van der Waals surface area contributed by atoms with Gasteiger partial charge in [0.1, 0.15) is 12.6 Å². The van der Waals surface area contributed by atoms with E-state index >= 15 is 0 Å². The fourth-order valence-corrected chi connectivity index (χ4v) is 7.74. The van der Waals surface area contributed by atoms with Gasteiger partial charge in [0.05, 0.1) is 10.6 Å². The van der Waals surface area contributed by atoms with Gasteiger partial charge in [0.15, 0.2) is 0 Å². The first-order valence-electron chi connectivity index (χ1n) is 16.4. The molecule has 4 aromatic carbocycles. The number of sulfonamides is 1. The molecule has 5 rings (SSSR count). The zero-order valence-corrected chi connectivity index (χ0v) is 28.6. The van der Waals surface area contributed by atoms with Crippen LogP contribution < -0.4 is 9.62 Å². The predicted molar refractivity (Wildman–Crippen MR) is 188 cm³/mol. The normalized spacial score (nSPS) is 14.0. The molecule has 1 saturated carbocycles. The fourth-order valence-electron chi connectivity index (χ4n) is 6.27. The minimum absolute atomic E-state index is 0.0602. The van der Waals surface area contributed by atoms with E-state index in [0.717, 1.165) is 59.1 Å². The number of amides is 2. The van der Waals surface area contributed by atoms with Crippen LogP contribution in [0.25, 0.3) is 0 Å². The molecule has 0 aromatic heterocycles. The SMILES string of the molecule is Cc1ccc(S(=O)(=O)N(CC(=O)N(Cc2cccc(C)c2)C(Cc2ccccc2)C(=O)NC2CCCC2)c2cc(C)ccc2C)cc1. The molecule has 2 amide bonds. The fraction of sp³-hybridized carbons (Fsp3) is 0.333. The molecular formula is C39H45N3O4S. The second-order valence-corrected chi connectivity index (χ2v) is 14.7. The molecule has 0 radical (unpaired) electrons. The first kappa shape index (κ1) is 33.9. The number of aryl methyl sites for hydroxylation is 4. The van der Waals surface area contributed by atoms with Crippen LogP contribution in [0.4, 0.5) is 5.69 Å². The van der Waals surface area contributed by atoms with Crippen LogP contribution in [0.15, 0.2) is 102 Å². The van der Waals surface area contributed by atoms with Gasteiger partial charge < -0.3 is 10.2 Å². The van der Waals surface area contributed by atoms with Gasteiger partial charge >= 0.3 is 0 Å². The zero-order chi connectivity index (χ0) is 33.6. The number of hydrogen-bond acceptors (Lipinski definition) is 4. The quantitative estimate of drug-likeness (QED) is 0.182. The number of nitrogens with zero attached hydrogens (tertiary/aromatic N) is 2. The third-order valence-corrected chi connectivity index (χ3v) is 10.7. The van der Waals surface area contributed by atoms with Crippen LogP contribution in [0.5, 0.6) is 0 Å². The predicted octanol–water partition coefficient (Wildman–Crippen LogP) is 6.81. The summed E-state index contributed by atoms with van der Waals surface area (Å²) in [7, 11) is -4.16. The van der Waals surface area contributed by atoms with Crippen molar-refractivity contribution >= 4 is 27.5 Å². The lowest BCUT2D eigenvalue weighted by Crippen LogP contribution is -2.54. The molecule has 8 heteroatoms. The summed E-state index contributed by atoms with van der Waals surface area (Å²) >= 11 is 0. The molecule has 1 atom stereocenters. The number of carbonyl (C=O) groups is 2. The van der Waals surface area contributed by atoms with Crippen molar-refractivity contribution in [1.82, 2.24) is 10.2 Å². The van der Waals surface area contributed by atoms with Crippen LogP contribution >= 0.6 is 0 Å². The van der Waals surface area contributed by atoms with Gasteiger partial charge in [-0.05, 0) is 81.0 Å². The Morgan fingerprint density at radius 3 is 2.09 bits per heavy atom. The van der Waals surface area contributed by atoms with Crippen molar-refractivity contribution in [3.05, 3.63) is 130 Å². The van der Waals surface area contributed by atoms with Gasteiger partial charge in [0, 0.05) is 19.0 Å². The largest absolute Gasteiger partial charge is 0.352 e. The minimum Gasteiger partial charge on any atom is -0.352 e. The lowest BCUT2D eigenvalue weighted by Gasteiger charge is -2.34. The lowest BCUT2D eigenvalue weighted by molar-refractivity contribution is -0.140. The Morgan fingerprint density at radius 2 is 1.40 bits per heavy atom. The van der Waals surface area contributed by atoms with Crippen LogP contribution in [-0.2, 0) is 32.6 Å². The van der Waals surface area contributed by atoms with E-state index in [1.807, 2.05) is 94.4 Å². The van der Waals surface area contributed by atoms with Crippen molar-refractivity contribution < 1.29 is 18.0 Å². The molecule has 0 bridgehead atoms. The highest BCUT2D eigenvalue weighted by Gasteiger charge is 2.36. The molecule has 1 aliphatic rings. The third-order valence-electron chi connectivity index (χ3n) is 8.93. The molecule has 4 aromatic rings. The Labute approximate surface area is 279 Å². The molecule has 47 heavy (non-hydrogen) atoms. The monoisotopic (exact) mass is 651 g/mol. The lowest BCUT2D eigenvalue weighted by atomic mass is 10.0. The molecule has 0 aliphatic heterocycles. The van der Waals surface area contributed by atoms with Crippen LogP contribution in [-0.4, -0.2) is 43.8 Å². The van der Waals surface area contributed by atoms with E-state index in [2.05, 4.69) is 5.32 Å². The molecule has 1 aliphatic carbocycles. The van der Waals surface area contributed by atoms with Crippen LogP contribution in [0.3, 0.4) is 0 Å². The van der Waals surface area contributed by atoms with Gasteiger partial charge in [-0.2, -0.15) is 0 Å². The molecular weight excluding hydrogens is 607 g/mol. The van der Waals surface area contributed by atoms with Crippen molar-refractivity contribution in [3.8, 4) is 0 Å². The Balaban J connectivity index is 1.59. The van der Waals surface area contributed by atoms with Gasteiger partial charge in [0.2, 0.25) is 11.8 Å². The Hall–Kier alpha value is -4.43. The standard InChI is InChI=1S/C39H45N3O4S/c1-28-18-21-35(22-19-28)47(45,46)42(36-24-30(3)17-20-31(36)4)27-38(43)41(26-33-14-10-11-29(2)23-33)37(25-32-12-6-5-7-13-32)39(44)40-34-15-8-9-16-34/h5-7,10-14,17-24,34,37H,8-9,15-16,25-27H2,1-4H3,(H,40,44). The molecule has 1 fully saturated rings. The van der Waals surface area contributed by atoms with Crippen LogP contribution in [0.1, 0.15) is 59.1 Å². The second-order valence-electron chi connectivity index (χ2n) is 12.8. The highest BCUT2D eigenvalue weighted by atomic mass is 32.2. The van der Waals surface area contributed by atoms with Crippen molar-refractivity contribution in [3.63, 3.8) is 0 Å². The first-order valence-corrected chi connectivity index (χ1v) is 17.8. The number of carbonyl (C=O) groups excluding carboxylic acids is 2. The molecule has 1 N–H and O–H groups in total. The van der Waals surface area contributed by atoms with E-state index in [1.165, 1.54) is 4.31 Å². The van der Waals surface area contributed by atoms with E-state index in [1.54, 1.807) is 35.2 Å². The maximum absolute atomic E-state index is 14.8. The highest BCUT2D eigenvalue weighted by molar-refractivity contribution is 7.92. The van der Waals surface area contributed by atoms with Gasteiger partial charge in [-0.3, -0.25) is 13.9 Å². The van der Waals surface area contributed by atoms with Crippen molar-refractivity contribution in [1.29, 1.82) is 0 Å². The van der Waals surface area contributed by atoms with Crippen LogP contribution in [0, 0.1) is 27.7 Å². The average Bonchev–Trinajstić information content (AvgIpc) is 3.56. The van der Waals surface area contributed by atoms with E-state index in [0.29, 0.717) is 12.1 Å². The van der Waals surface area contributed by atoms with E-state index < -0.39 is 28.5 Å². The summed E-state index contributed by atoms with van der Waals surface area (Å²) in [5.74, 6) is -0.674. The van der Waals surface area contributed by atoms with Gasteiger partial charge in [-0.1, -0.05) is 103 Å². The van der Waals surface area contributed by atoms with Crippen molar-refractivity contribution in [2.45, 2.75) is 83.3 Å². The topological polar surface area (TPSA) is 86.8 Å². The Bertz CT molecular complexity index is 1800. The summed E-state index contributed by atoms with van der Waals surface area (Å²) in [6.07, 6.45) is 4.23. The first-order chi connectivity index (χ1) is 22.5. The summed E-state index contributed by atoms with van der Waals surface area (Å²) in [5, 5.41) is 3.23. The maximum Gasteiger partial charge on any atom is 0.264 e. The molecule has 0 saturated heterocycles. The van der Waals surface area contributed by atoms with E-state index in [4.69, 9.17) is 0 Å². The Morgan fingerprint density at radius 1 is 0.766 bits per heavy atom. The summed E-state index contributed by atoms with van der Waals surface area (Å²) < 4.78 is 29.9. The summed E-state index contributed by atoms with van der Waals surface area (Å²) in [6, 6.07) is 29.0. The summed E-state index contributed by atoms with van der Waals surface area (Å²) in [4.78, 5) is 30.6.